The molecule has 1 aromatic carbocycles. The Kier molecular flexibility index (Phi) is 4.83. The van der Waals surface area contributed by atoms with E-state index < -0.39 is 0 Å². The van der Waals surface area contributed by atoms with E-state index in [0.29, 0.717) is 0 Å². The molecule has 22 heavy (non-hydrogen) atoms. The highest BCUT2D eigenvalue weighted by atomic mass is 32.2. The van der Waals surface area contributed by atoms with Crippen molar-refractivity contribution in [1.82, 2.24) is 14.5 Å². The second-order valence-corrected chi connectivity index (χ2v) is 6.42. The zero-order valence-corrected chi connectivity index (χ0v) is 13.7. The van der Waals surface area contributed by atoms with Crippen LogP contribution in [0.3, 0.4) is 0 Å². The van der Waals surface area contributed by atoms with Gasteiger partial charge in [-0.1, -0.05) is 23.9 Å². The van der Waals surface area contributed by atoms with Crippen molar-refractivity contribution >= 4 is 17.7 Å². The van der Waals surface area contributed by atoms with Crippen LogP contribution in [-0.2, 0) is 12.3 Å². The van der Waals surface area contributed by atoms with Gasteiger partial charge < -0.3 is 9.47 Å². The van der Waals surface area contributed by atoms with Crippen molar-refractivity contribution in [3.63, 3.8) is 0 Å². The number of hydrogen-bond acceptors (Lipinski definition) is 3. The first-order valence-corrected chi connectivity index (χ1v) is 8.78. The molecule has 1 aromatic heterocycles. The number of carbonyl (C=O) groups excluding carboxylic acids is 1. The second kappa shape index (κ2) is 7.01. The monoisotopic (exact) mass is 315 g/mol. The summed E-state index contributed by atoms with van der Waals surface area (Å²) < 4.78 is 2.13. The highest BCUT2D eigenvalue weighted by Gasteiger charge is 2.19. The number of carbonyl (C=O) groups is 1. The van der Waals surface area contributed by atoms with E-state index in [9.17, 15) is 4.79 Å². The van der Waals surface area contributed by atoms with Crippen LogP contribution in [0.2, 0.25) is 0 Å². The largest absolute Gasteiger partial charge is 0.339 e. The van der Waals surface area contributed by atoms with Gasteiger partial charge in [0.2, 0.25) is 0 Å². The Morgan fingerprint density at radius 2 is 1.95 bits per heavy atom. The summed E-state index contributed by atoms with van der Waals surface area (Å²) in [6.45, 7) is 4.85. The lowest BCUT2D eigenvalue weighted by atomic mass is 10.1. The first-order chi connectivity index (χ1) is 10.8. The first-order valence-electron chi connectivity index (χ1n) is 7.80. The van der Waals surface area contributed by atoms with Crippen LogP contribution in [0.1, 0.15) is 35.7 Å². The quantitative estimate of drug-likeness (QED) is 0.793. The summed E-state index contributed by atoms with van der Waals surface area (Å²) in [5.74, 6) is 1.04. The minimum atomic E-state index is 0.165. The summed E-state index contributed by atoms with van der Waals surface area (Å²) in [6, 6.07) is 8.00. The average Bonchev–Trinajstić information content (AvgIpc) is 3.24. The number of likely N-dealkylation sites (tertiary alicyclic amines) is 1. The third kappa shape index (κ3) is 3.35. The third-order valence-electron chi connectivity index (χ3n) is 3.98. The van der Waals surface area contributed by atoms with Gasteiger partial charge in [-0.3, -0.25) is 4.79 Å². The number of thioether (sulfide) groups is 1. The molecule has 0 aliphatic carbocycles. The van der Waals surface area contributed by atoms with Crippen molar-refractivity contribution < 1.29 is 4.79 Å². The standard InChI is InChI=1S/C17H21N3OS/c1-2-19-12-9-18-17(19)22-13-14-5-7-15(8-6-14)16(21)20-10-3-4-11-20/h5-9,12H,2-4,10-11,13H2,1H3. The van der Waals surface area contributed by atoms with E-state index in [1.54, 1.807) is 11.8 Å². The first kappa shape index (κ1) is 15.2. The van der Waals surface area contributed by atoms with E-state index in [1.807, 2.05) is 29.4 Å². The van der Waals surface area contributed by atoms with Crippen molar-refractivity contribution in [2.75, 3.05) is 13.1 Å². The number of hydrogen-bond donors (Lipinski definition) is 0. The summed E-state index contributed by atoms with van der Waals surface area (Å²) in [7, 11) is 0. The van der Waals surface area contributed by atoms with E-state index in [1.165, 1.54) is 5.56 Å². The van der Waals surface area contributed by atoms with Crippen LogP contribution in [0.25, 0.3) is 0 Å². The molecule has 116 valence electrons. The predicted molar refractivity (Wildman–Crippen MR) is 89.0 cm³/mol. The molecular formula is C17H21N3OS. The lowest BCUT2D eigenvalue weighted by Crippen LogP contribution is -2.27. The second-order valence-electron chi connectivity index (χ2n) is 5.48. The van der Waals surface area contributed by atoms with Crippen LogP contribution in [-0.4, -0.2) is 33.4 Å². The smallest absolute Gasteiger partial charge is 0.253 e. The SMILES string of the molecule is CCn1ccnc1SCc1ccc(C(=O)N2CCCC2)cc1. The predicted octanol–water partition coefficient (Wildman–Crippen LogP) is 3.43. The molecule has 0 saturated carbocycles. The summed E-state index contributed by atoms with van der Waals surface area (Å²) in [4.78, 5) is 18.6. The number of rotatable bonds is 5. The zero-order valence-electron chi connectivity index (χ0n) is 12.9. The van der Waals surface area contributed by atoms with Crippen LogP contribution >= 0.6 is 11.8 Å². The number of nitrogens with zero attached hydrogens (tertiary/aromatic N) is 3. The fraction of sp³-hybridized carbons (Fsp3) is 0.412. The molecule has 0 bridgehead atoms. The van der Waals surface area contributed by atoms with Gasteiger partial charge in [0.15, 0.2) is 5.16 Å². The van der Waals surface area contributed by atoms with Crippen molar-refractivity contribution in [2.24, 2.45) is 0 Å². The van der Waals surface area contributed by atoms with Gasteiger partial charge in [-0.2, -0.15) is 0 Å². The average molecular weight is 315 g/mol. The van der Waals surface area contributed by atoms with E-state index in [4.69, 9.17) is 0 Å². The maximum atomic E-state index is 12.3. The van der Waals surface area contributed by atoms with Crippen LogP contribution in [0.5, 0.6) is 0 Å². The van der Waals surface area contributed by atoms with E-state index in [-0.39, 0.29) is 5.91 Å². The molecule has 1 saturated heterocycles. The van der Waals surface area contributed by atoms with Gasteiger partial charge in [0, 0.05) is 43.3 Å². The third-order valence-corrected chi connectivity index (χ3v) is 5.06. The van der Waals surface area contributed by atoms with Gasteiger partial charge in [-0.15, -0.1) is 0 Å². The Morgan fingerprint density at radius 3 is 2.64 bits per heavy atom. The Hall–Kier alpha value is -1.75. The van der Waals surface area contributed by atoms with E-state index in [0.717, 1.165) is 48.9 Å². The highest BCUT2D eigenvalue weighted by Crippen LogP contribution is 2.22. The van der Waals surface area contributed by atoms with E-state index >= 15 is 0 Å². The molecule has 1 aliphatic rings. The van der Waals surface area contributed by atoms with Crippen molar-refractivity contribution in [1.29, 1.82) is 0 Å². The van der Waals surface area contributed by atoms with Crippen molar-refractivity contribution in [3.8, 4) is 0 Å². The molecule has 2 aromatic rings. The zero-order chi connectivity index (χ0) is 15.4. The molecule has 0 radical (unpaired) electrons. The maximum Gasteiger partial charge on any atom is 0.253 e. The molecule has 3 rings (SSSR count). The van der Waals surface area contributed by atoms with Gasteiger partial charge in [0.05, 0.1) is 0 Å². The molecule has 0 spiro atoms. The number of aromatic nitrogens is 2. The minimum absolute atomic E-state index is 0.165. The topological polar surface area (TPSA) is 38.1 Å². The van der Waals surface area contributed by atoms with Crippen molar-refractivity contribution in [2.45, 2.75) is 37.2 Å². The normalized spacial score (nSPS) is 14.5. The van der Waals surface area contributed by atoms with Crippen LogP contribution in [0.15, 0.2) is 41.8 Å². The molecule has 0 N–H and O–H groups in total. The molecule has 1 fully saturated rings. The Balaban J connectivity index is 1.60. The van der Waals surface area contributed by atoms with Gasteiger partial charge in [-0.25, -0.2) is 4.98 Å². The Morgan fingerprint density at radius 1 is 1.23 bits per heavy atom. The number of aryl methyl sites for hydroxylation is 1. The molecule has 4 nitrogen and oxygen atoms in total. The van der Waals surface area contributed by atoms with E-state index in [2.05, 4.69) is 28.6 Å². The fourth-order valence-electron chi connectivity index (χ4n) is 2.67. The summed E-state index contributed by atoms with van der Waals surface area (Å²) in [5, 5.41) is 1.04. The lowest BCUT2D eigenvalue weighted by molar-refractivity contribution is 0.0793. The maximum absolute atomic E-state index is 12.3. The van der Waals surface area contributed by atoms with Crippen LogP contribution in [0.4, 0.5) is 0 Å². The molecule has 1 amide bonds. The highest BCUT2D eigenvalue weighted by molar-refractivity contribution is 7.98. The number of benzene rings is 1. The summed E-state index contributed by atoms with van der Waals surface area (Å²) in [6.07, 6.45) is 6.10. The Labute approximate surface area is 135 Å². The molecular weight excluding hydrogens is 294 g/mol. The molecule has 0 unspecified atom stereocenters. The van der Waals surface area contributed by atoms with Gasteiger partial charge in [0.1, 0.15) is 0 Å². The van der Waals surface area contributed by atoms with Gasteiger partial charge >= 0.3 is 0 Å². The van der Waals surface area contributed by atoms with Gasteiger partial charge in [-0.05, 0) is 37.5 Å². The molecule has 5 heteroatoms. The number of amides is 1. The van der Waals surface area contributed by atoms with Crippen LogP contribution in [0, 0.1) is 0 Å². The lowest BCUT2D eigenvalue weighted by Gasteiger charge is -2.15. The van der Waals surface area contributed by atoms with Crippen molar-refractivity contribution in [3.05, 3.63) is 47.8 Å². The van der Waals surface area contributed by atoms with Gasteiger partial charge in [0.25, 0.3) is 5.91 Å². The summed E-state index contributed by atoms with van der Waals surface area (Å²) in [5.41, 5.74) is 2.01. The molecule has 2 heterocycles. The number of imidazole rings is 1. The molecule has 0 atom stereocenters. The minimum Gasteiger partial charge on any atom is -0.339 e. The summed E-state index contributed by atoms with van der Waals surface area (Å²) >= 11 is 1.73. The fourth-order valence-corrected chi connectivity index (χ4v) is 3.65. The Bertz CT molecular complexity index is 630. The molecule has 1 aliphatic heterocycles. The van der Waals surface area contributed by atoms with Crippen LogP contribution < -0.4 is 0 Å².